The molecule has 1 saturated heterocycles. The van der Waals surface area contributed by atoms with Crippen LogP contribution < -0.4 is 11.1 Å². The number of nitrogens with one attached hydrogen (secondary N) is 1. The minimum Gasteiger partial charge on any atom is -0.399 e. The Morgan fingerprint density at radius 2 is 2.05 bits per heavy atom. The third-order valence-corrected chi connectivity index (χ3v) is 5.40. The highest BCUT2D eigenvalue weighted by Gasteiger charge is 2.28. The van der Waals surface area contributed by atoms with Crippen molar-refractivity contribution in [1.82, 2.24) is 9.62 Å². The van der Waals surface area contributed by atoms with Gasteiger partial charge in [0.2, 0.25) is 15.9 Å². The topological polar surface area (TPSA) is 92.5 Å². The van der Waals surface area contributed by atoms with Crippen molar-refractivity contribution in [2.45, 2.75) is 31.6 Å². The van der Waals surface area contributed by atoms with Crippen LogP contribution in [0.15, 0.2) is 24.3 Å². The quantitative estimate of drug-likeness (QED) is 0.801. The second kappa shape index (κ2) is 6.44. The van der Waals surface area contributed by atoms with Crippen LogP contribution in [-0.4, -0.2) is 37.8 Å². The molecule has 0 aliphatic carbocycles. The van der Waals surface area contributed by atoms with Gasteiger partial charge >= 0.3 is 0 Å². The van der Waals surface area contributed by atoms with E-state index in [2.05, 4.69) is 5.32 Å². The minimum atomic E-state index is -3.34. The maximum Gasteiger partial charge on any atom is 0.218 e. The van der Waals surface area contributed by atoms with Crippen molar-refractivity contribution in [2.75, 3.05) is 18.8 Å². The molecule has 0 unspecified atom stereocenters. The van der Waals surface area contributed by atoms with Crippen LogP contribution in [0.5, 0.6) is 0 Å². The lowest BCUT2D eigenvalue weighted by molar-refractivity contribution is -0.119. The van der Waals surface area contributed by atoms with E-state index >= 15 is 0 Å². The molecule has 1 amide bonds. The van der Waals surface area contributed by atoms with E-state index in [1.54, 1.807) is 24.3 Å². The zero-order valence-corrected chi connectivity index (χ0v) is 12.9. The Morgan fingerprint density at radius 3 is 2.62 bits per heavy atom. The number of sulfonamides is 1. The van der Waals surface area contributed by atoms with E-state index in [0.717, 1.165) is 0 Å². The molecule has 7 heteroatoms. The predicted octanol–water partition coefficient (Wildman–Crippen LogP) is 0.699. The highest BCUT2D eigenvalue weighted by molar-refractivity contribution is 7.88. The van der Waals surface area contributed by atoms with Gasteiger partial charge in [-0.3, -0.25) is 4.79 Å². The Bertz CT molecular complexity index is 608. The first kappa shape index (κ1) is 15.8. The molecule has 0 bridgehead atoms. The number of piperidine rings is 1. The SMILES string of the molecule is CC(=O)NC1CCN(S(=O)(=O)Cc2cccc(N)c2)CC1. The number of carbonyl (C=O) groups is 1. The fourth-order valence-corrected chi connectivity index (χ4v) is 4.10. The maximum atomic E-state index is 12.4. The van der Waals surface area contributed by atoms with E-state index in [4.69, 9.17) is 5.73 Å². The Morgan fingerprint density at radius 1 is 1.38 bits per heavy atom. The minimum absolute atomic E-state index is 0.0388. The van der Waals surface area contributed by atoms with Crippen molar-refractivity contribution in [1.29, 1.82) is 0 Å². The number of nitrogen functional groups attached to an aromatic ring is 1. The van der Waals surface area contributed by atoms with Gasteiger partial charge in [-0.15, -0.1) is 0 Å². The third kappa shape index (κ3) is 4.44. The van der Waals surface area contributed by atoms with Crippen LogP contribution in [0, 0.1) is 0 Å². The van der Waals surface area contributed by atoms with E-state index in [0.29, 0.717) is 37.2 Å². The zero-order valence-electron chi connectivity index (χ0n) is 12.1. The predicted molar refractivity (Wildman–Crippen MR) is 81.9 cm³/mol. The van der Waals surface area contributed by atoms with Crippen LogP contribution in [0.4, 0.5) is 5.69 Å². The van der Waals surface area contributed by atoms with Gasteiger partial charge in [-0.05, 0) is 30.5 Å². The molecule has 3 N–H and O–H groups in total. The molecule has 2 rings (SSSR count). The smallest absolute Gasteiger partial charge is 0.218 e. The number of benzene rings is 1. The normalized spacial score (nSPS) is 17.6. The van der Waals surface area contributed by atoms with Crippen molar-refractivity contribution >= 4 is 21.6 Å². The second-order valence-electron chi connectivity index (χ2n) is 5.38. The van der Waals surface area contributed by atoms with Crippen LogP contribution >= 0.6 is 0 Å². The van der Waals surface area contributed by atoms with Gasteiger partial charge in [0.25, 0.3) is 0 Å². The molecular formula is C14H21N3O3S. The summed E-state index contributed by atoms with van der Waals surface area (Å²) in [6, 6.07) is 7.00. The fraction of sp³-hybridized carbons (Fsp3) is 0.500. The summed E-state index contributed by atoms with van der Waals surface area (Å²) in [6.07, 6.45) is 1.30. The van der Waals surface area contributed by atoms with Gasteiger partial charge in [-0.1, -0.05) is 12.1 Å². The molecule has 6 nitrogen and oxygen atoms in total. The summed E-state index contributed by atoms with van der Waals surface area (Å²) >= 11 is 0. The van der Waals surface area contributed by atoms with Crippen LogP contribution in [-0.2, 0) is 20.6 Å². The van der Waals surface area contributed by atoms with Crippen LogP contribution in [0.1, 0.15) is 25.3 Å². The maximum absolute atomic E-state index is 12.4. The van der Waals surface area contributed by atoms with E-state index < -0.39 is 10.0 Å². The molecule has 0 saturated carbocycles. The number of hydrogen-bond donors (Lipinski definition) is 2. The number of anilines is 1. The lowest BCUT2D eigenvalue weighted by Gasteiger charge is -2.31. The largest absolute Gasteiger partial charge is 0.399 e. The first-order valence-corrected chi connectivity index (χ1v) is 8.57. The van der Waals surface area contributed by atoms with Gasteiger partial charge in [0.15, 0.2) is 0 Å². The van der Waals surface area contributed by atoms with Crippen LogP contribution in [0.2, 0.25) is 0 Å². The number of nitrogens with two attached hydrogens (primary N) is 1. The zero-order chi connectivity index (χ0) is 15.5. The molecule has 1 aliphatic rings. The van der Waals surface area contributed by atoms with E-state index in [9.17, 15) is 13.2 Å². The third-order valence-electron chi connectivity index (χ3n) is 3.55. The summed E-state index contributed by atoms with van der Waals surface area (Å²) in [7, 11) is -3.34. The molecule has 1 aliphatic heterocycles. The molecule has 116 valence electrons. The van der Waals surface area contributed by atoms with Gasteiger partial charge in [-0.2, -0.15) is 0 Å². The van der Waals surface area contributed by atoms with Gasteiger partial charge in [0.05, 0.1) is 5.75 Å². The Labute approximate surface area is 125 Å². The summed E-state index contributed by atoms with van der Waals surface area (Å²) in [5.41, 5.74) is 6.93. The van der Waals surface area contributed by atoms with Gasteiger partial charge in [-0.25, -0.2) is 12.7 Å². The van der Waals surface area contributed by atoms with Crippen molar-refractivity contribution in [3.05, 3.63) is 29.8 Å². The molecule has 0 spiro atoms. The first-order valence-electron chi connectivity index (χ1n) is 6.96. The summed E-state index contributed by atoms with van der Waals surface area (Å²) in [5.74, 6) is -0.112. The van der Waals surface area contributed by atoms with Gasteiger partial charge in [0, 0.05) is 31.7 Å². The Hall–Kier alpha value is -1.60. The lowest BCUT2D eigenvalue weighted by Crippen LogP contribution is -2.46. The summed E-state index contributed by atoms with van der Waals surface area (Å²) in [5, 5.41) is 2.83. The number of rotatable bonds is 4. The average molecular weight is 311 g/mol. The number of amides is 1. The standard InChI is InChI=1S/C14H21N3O3S/c1-11(18)16-14-5-7-17(8-6-14)21(19,20)10-12-3-2-4-13(15)9-12/h2-4,9,14H,5-8,10,15H2,1H3,(H,16,18). The number of carbonyl (C=O) groups excluding carboxylic acids is 1. The highest BCUT2D eigenvalue weighted by Crippen LogP contribution is 2.18. The molecule has 1 heterocycles. The average Bonchev–Trinajstić information content (AvgIpc) is 2.38. The molecule has 1 aromatic carbocycles. The monoisotopic (exact) mass is 311 g/mol. The summed E-state index contributed by atoms with van der Waals surface area (Å²) in [4.78, 5) is 11.0. The highest BCUT2D eigenvalue weighted by atomic mass is 32.2. The molecular weight excluding hydrogens is 290 g/mol. The van der Waals surface area contributed by atoms with Gasteiger partial charge in [0.1, 0.15) is 0 Å². The number of nitrogens with zero attached hydrogens (tertiary/aromatic N) is 1. The lowest BCUT2D eigenvalue weighted by atomic mass is 10.1. The molecule has 1 fully saturated rings. The van der Waals surface area contributed by atoms with Crippen molar-refractivity contribution in [2.24, 2.45) is 0 Å². The molecule has 21 heavy (non-hydrogen) atoms. The van der Waals surface area contributed by atoms with Gasteiger partial charge < -0.3 is 11.1 Å². The van der Waals surface area contributed by atoms with Crippen molar-refractivity contribution < 1.29 is 13.2 Å². The fourth-order valence-electron chi connectivity index (χ4n) is 2.55. The molecule has 0 radical (unpaired) electrons. The summed E-state index contributed by atoms with van der Waals surface area (Å²) in [6.45, 7) is 2.36. The Balaban J connectivity index is 1.97. The molecule has 1 aromatic rings. The molecule has 0 aromatic heterocycles. The van der Waals surface area contributed by atoms with E-state index in [-0.39, 0.29) is 17.7 Å². The first-order chi connectivity index (χ1) is 9.87. The van der Waals surface area contributed by atoms with Crippen molar-refractivity contribution in [3.63, 3.8) is 0 Å². The second-order valence-corrected chi connectivity index (χ2v) is 7.34. The van der Waals surface area contributed by atoms with E-state index in [1.165, 1.54) is 11.2 Å². The van der Waals surface area contributed by atoms with Crippen molar-refractivity contribution in [3.8, 4) is 0 Å². The number of hydrogen-bond acceptors (Lipinski definition) is 4. The Kier molecular flexibility index (Phi) is 4.84. The van der Waals surface area contributed by atoms with Crippen LogP contribution in [0.3, 0.4) is 0 Å². The summed E-state index contributed by atoms with van der Waals surface area (Å²) < 4.78 is 26.3. The van der Waals surface area contributed by atoms with E-state index in [1.807, 2.05) is 0 Å². The molecule has 0 atom stereocenters. The van der Waals surface area contributed by atoms with Crippen LogP contribution in [0.25, 0.3) is 0 Å².